The Morgan fingerprint density at radius 3 is 2.92 bits per heavy atom. The molecule has 1 heterocycles. The topological polar surface area (TPSA) is 33.1 Å². The minimum absolute atomic E-state index is 0.381. The smallest absolute Gasteiger partial charge is 0.103 e. The van der Waals surface area contributed by atoms with E-state index in [-0.39, 0.29) is 0 Å². The van der Waals surface area contributed by atoms with Crippen LogP contribution in [-0.2, 0) is 5.60 Å². The van der Waals surface area contributed by atoms with Crippen LogP contribution in [0.2, 0.25) is 0 Å². The third-order valence-electron chi connectivity index (χ3n) is 3.15. The molecule has 2 atom stereocenters. The normalized spacial score (nSPS) is 33.9. The summed E-state index contributed by atoms with van der Waals surface area (Å²) in [5, 5.41) is 10.5. The molecule has 0 spiro atoms. The predicted octanol–water partition coefficient (Wildman–Crippen LogP) is 2.46. The Balaban J connectivity index is 2.39. The Morgan fingerprint density at radius 1 is 1.69 bits per heavy atom. The van der Waals surface area contributed by atoms with Crippen molar-refractivity contribution >= 4 is 11.3 Å². The molecule has 0 bridgehead atoms. The number of thiazole rings is 1. The van der Waals surface area contributed by atoms with Crippen molar-refractivity contribution in [2.45, 2.75) is 38.7 Å². The number of aryl methyl sites for hydroxylation is 1. The van der Waals surface area contributed by atoms with E-state index in [0.717, 1.165) is 29.8 Å². The van der Waals surface area contributed by atoms with Gasteiger partial charge < -0.3 is 5.11 Å². The molecular formula is C10H15NOS. The van der Waals surface area contributed by atoms with E-state index in [1.165, 1.54) is 0 Å². The summed E-state index contributed by atoms with van der Waals surface area (Å²) in [5.74, 6) is 0.381. The molecular weight excluding hydrogens is 182 g/mol. The largest absolute Gasteiger partial charge is 0.384 e. The van der Waals surface area contributed by atoms with Gasteiger partial charge in [-0.25, -0.2) is 4.98 Å². The standard InChI is InChI=1S/C10H15NOS/c1-7-4-3-5-10(7,12)9-8(2)11-6-13-9/h6-7,12H,3-5H2,1-2H3. The maximum absolute atomic E-state index is 10.5. The predicted molar refractivity (Wildman–Crippen MR) is 53.8 cm³/mol. The first-order valence-corrected chi connectivity index (χ1v) is 5.65. The lowest BCUT2D eigenvalue weighted by molar-refractivity contribution is 0.00733. The number of hydrogen-bond donors (Lipinski definition) is 1. The van der Waals surface area contributed by atoms with E-state index in [1.54, 1.807) is 11.3 Å². The van der Waals surface area contributed by atoms with Crippen molar-refractivity contribution in [3.8, 4) is 0 Å². The van der Waals surface area contributed by atoms with Crippen molar-refractivity contribution in [2.24, 2.45) is 5.92 Å². The van der Waals surface area contributed by atoms with Crippen LogP contribution >= 0.6 is 11.3 Å². The highest BCUT2D eigenvalue weighted by atomic mass is 32.1. The fourth-order valence-corrected chi connectivity index (χ4v) is 3.26. The number of aromatic nitrogens is 1. The minimum atomic E-state index is -0.578. The average Bonchev–Trinajstić information content (AvgIpc) is 2.62. The molecule has 0 radical (unpaired) electrons. The summed E-state index contributed by atoms with van der Waals surface area (Å²) in [5.41, 5.74) is 2.25. The van der Waals surface area contributed by atoms with Crippen LogP contribution in [0.15, 0.2) is 5.51 Å². The Kier molecular flexibility index (Phi) is 2.16. The van der Waals surface area contributed by atoms with Crippen LogP contribution in [0.5, 0.6) is 0 Å². The lowest BCUT2D eigenvalue weighted by Crippen LogP contribution is -2.28. The molecule has 1 aliphatic rings. The summed E-state index contributed by atoms with van der Waals surface area (Å²) in [6.45, 7) is 4.11. The molecule has 1 fully saturated rings. The van der Waals surface area contributed by atoms with Crippen LogP contribution in [-0.4, -0.2) is 10.1 Å². The van der Waals surface area contributed by atoms with E-state index in [1.807, 2.05) is 12.4 Å². The van der Waals surface area contributed by atoms with Crippen LogP contribution in [0.3, 0.4) is 0 Å². The maximum atomic E-state index is 10.5. The van der Waals surface area contributed by atoms with Gasteiger partial charge in [0.25, 0.3) is 0 Å². The maximum Gasteiger partial charge on any atom is 0.103 e. The van der Waals surface area contributed by atoms with Gasteiger partial charge in [0.2, 0.25) is 0 Å². The van der Waals surface area contributed by atoms with Gasteiger partial charge >= 0.3 is 0 Å². The highest BCUT2D eigenvalue weighted by Crippen LogP contribution is 2.45. The molecule has 2 rings (SSSR count). The fraction of sp³-hybridized carbons (Fsp3) is 0.700. The molecule has 13 heavy (non-hydrogen) atoms. The molecule has 72 valence electrons. The molecule has 0 saturated heterocycles. The van der Waals surface area contributed by atoms with Crippen LogP contribution < -0.4 is 0 Å². The van der Waals surface area contributed by atoms with E-state index in [2.05, 4.69) is 11.9 Å². The molecule has 0 aromatic carbocycles. The van der Waals surface area contributed by atoms with Crippen LogP contribution in [0.1, 0.15) is 36.8 Å². The molecule has 3 heteroatoms. The monoisotopic (exact) mass is 197 g/mol. The molecule has 0 amide bonds. The zero-order valence-corrected chi connectivity index (χ0v) is 8.90. The van der Waals surface area contributed by atoms with Gasteiger partial charge in [-0.2, -0.15) is 0 Å². The van der Waals surface area contributed by atoms with E-state index in [9.17, 15) is 5.11 Å². The number of rotatable bonds is 1. The first-order valence-electron chi connectivity index (χ1n) is 4.77. The molecule has 0 aliphatic heterocycles. The van der Waals surface area contributed by atoms with Crippen molar-refractivity contribution in [3.05, 3.63) is 16.1 Å². The van der Waals surface area contributed by atoms with Gasteiger partial charge in [0.1, 0.15) is 5.60 Å². The summed E-state index contributed by atoms with van der Waals surface area (Å²) < 4.78 is 0. The number of nitrogens with zero attached hydrogens (tertiary/aromatic N) is 1. The quantitative estimate of drug-likeness (QED) is 0.750. The van der Waals surface area contributed by atoms with Gasteiger partial charge in [0.05, 0.1) is 16.1 Å². The Hall–Kier alpha value is -0.410. The van der Waals surface area contributed by atoms with E-state index < -0.39 is 5.60 Å². The molecule has 1 aromatic heterocycles. The van der Waals surface area contributed by atoms with Crippen molar-refractivity contribution in [1.29, 1.82) is 0 Å². The summed E-state index contributed by atoms with van der Waals surface area (Å²) in [7, 11) is 0. The zero-order valence-electron chi connectivity index (χ0n) is 8.08. The van der Waals surface area contributed by atoms with Crippen molar-refractivity contribution < 1.29 is 5.11 Å². The zero-order chi connectivity index (χ0) is 9.47. The van der Waals surface area contributed by atoms with Crippen LogP contribution in [0.4, 0.5) is 0 Å². The Morgan fingerprint density at radius 2 is 2.46 bits per heavy atom. The molecule has 2 unspecified atom stereocenters. The third kappa shape index (κ3) is 1.30. The van der Waals surface area contributed by atoms with E-state index in [0.29, 0.717) is 5.92 Å². The second-order valence-corrected chi connectivity index (χ2v) is 4.84. The molecule has 1 N–H and O–H groups in total. The first-order chi connectivity index (χ1) is 6.14. The lowest BCUT2D eigenvalue weighted by atomic mass is 9.90. The molecule has 1 saturated carbocycles. The van der Waals surface area contributed by atoms with Gasteiger partial charge in [0, 0.05) is 0 Å². The molecule has 1 aliphatic carbocycles. The van der Waals surface area contributed by atoms with E-state index >= 15 is 0 Å². The number of hydrogen-bond acceptors (Lipinski definition) is 3. The Labute approximate surface area is 82.6 Å². The van der Waals surface area contributed by atoms with Gasteiger partial charge in [-0.15, -0.1) is 11.3 Å². The lowest BCUT2D eigenvalue weighted by Gasteiger charge is -2.26. The van der Waals surface area contributed by atoms with Crippen molar-refractivity contribution in [2.75, 3.05) is 0 Å². The summed E-state index contributed by atoms with van der Waals surface area (Å²) in [6, 6.07) is 0. The van der Waals surface area contributed by atoms with Crippen LogP contribution in [0.25, 0.3) is 0 Å². The first kappa shape index (κ1) is 9.16. The van der Waals surface area contributed by atoms with Gasteiger partial charge in [-0.05, 0) is 32.1 Å². The molecule has 1 aromatic rings. The summed E-state index contributed by atoms with van der Waals surface area (Å²) in [6.07, 6.45) is 3.17. The highest BCUT2D eigenvalue weighted by Gasteiger charge is 2.41. The average molecular weight is 197 g/mol. The molecule has 2 nitrogen and oxygen atoms in total. The SMILES string of the molecule is Cc1ncsc1C1(O)CCCC1C. The third-order valence-corrected chi connectivity index (χ3v) is 4.24. The summed E-state index contributed by atoms with van der Waals surface area (Å²) >= 11 is 1.59. The fourth-order valence-electron chi connectivity index (χ4n) is 2.22. The van der Waals surface area contributed by atoms with E-state index in [4.69, 9.17) is 0 Å². The van der Waals surface area contributed by atoms with Crippen molar-refractivity contribution in [3.63, 3.8) is 0 Å². The Bertz CT molecular complexity index is 310. The van der Waals surface area contributed by atoms with Gasteiger partial charge in [-0.1, -0.05) is 6.92 Å². The minimum Gasteiger partial charge on any atom is -0.384 e. The van der Waals surface area contributed by atoms with Gasteiger partial charge in [0.15, 0.2) is 0 Å². The second-order valence-electron chi connectivity index (χ2n) is 3.98. The van der Waals surface area contributed by atoms with Crippen molar-refractivity contribution in [1.82, 2.24) is 4.98 Å². The number of aliphatic hydroxyl groups is 1. The highest BCUT2D eigenvalue weighted by molar-refractivity contribution is 7.09. The van der Waals surface area contributed by atoms with Gasteiger partial charge in [-0.3, -0.25) is 0 Å². The summed E-state index contributed by atoms with van der Waals surface area (Å²) in [4.78, 5) is 5.28. The van der Waals surface area contributed by atoms with Crippen LogP contribution in [0, 0.1) is 12.8 Å². The second kappa shape index (κ2) is 3.07.